The van der Waals surface area contributed by atoms with Crippen LogP contribution in [0, 0.1) is 6.92 Å². The van der Waals surface area contributed by atoms with Crippen molar-refractivity contribution >= 4 is 15.9 Å². The van der Waals surface area contributed by atoms with Crippen molar-refractivity contribution in [1.29, 1.82) is 0 Å². The van der Waals surface area contributed by atoms with E-state index in [1.807, 2.05) is 24.3 Å². The van der Waals surface area contributed by atoms with Crippen molar-refractivity contribution < 1.29 is 0 Å². The summed E-state index contributed by atoms with van der Waals surface area (Å²) in [6.07, 6.45) is 0. The Morgan fingerprint density at radius 1 is 1.00 bits per heavy atom. The molecule has 0 saturated heterocycles. The molecular formula is C14H14BrN. The first kappa shape index (κ1) is 11.4. The topological polar surface area (TPSA) is 26.0 Å². The average molecular weight is 276 g/mol. The fourth-order valence-corrected chi connectivity index (χ4v) is 1.96. The number of hydrogen-bond acceptors (Lipinski definition) is 1. The summed E-state index contributed by atoms with van der Waals surface area (Å²) >= 11 is 3.49. The van der Waals surface area contributed by atoms with E-state index in [0.29, 0.717) is 0 Å². The molecule has 0 saturated carbocycles. The zero-order valence-corrected chi connectivity index (χ0v) is 10.7. The van der Waals surface area contributed by atoms with Gasteiger partial charge in [-0.25, -0.2) is 0 Å². The zero-order chi connectivity index (χ0) is 11.5. The fourth-order valence-electron chi connectivity index (χ4n) is 1.71. The van der Waals surface area contributed by atoms with Crippen LogP contribution in [0.25, 0.3) is 0 Å². The largest absolute Gasteiger partial charge is 0.320 e. The van der Waals surface area contributed by atoms with Crippen LogP contribution in [0.4, 0.5) is 0 Å². The third-order valence-electron chi connectivity index (χ3n) is 2.70. The number of halogens is 1. The van der Waals surface area contributed by atoms with Gasteiger partial charge in [-0.05, 0) is 29.7 Å². The molecule has 0 bridgehead atoms. The van der Waals surface area contributed by atoms with Crippen LogP contribution in [0.1, 0.15) is 22.7 Å². The van der Waals surface area contributed by atoms with Gasteiger partial charge in [-0.3, -0.25) is 0 Å². The Morgan fingerprint density at radius 2 is 1.69 bits per heavy atom. The van der Waals surface area contributed by atoms with Gasteiger partial charge >= 0.3 is 0 Å². The number of nitrogens with two attached hydrogens (primary N) is 1. The van der Waals surface area contributed by atoms with Crippen molar-refractivity contribution in [1.82, 2.24) is 0 Å². The van der Waals surface area contributed by atoms with Crippen LogP contribution in [-0.4, -0.2) is 0 Å². The molecule has 2 aromatic rings. The Labute approximate surface area is 104 Å². The van der Waals surface area contributed by atoms with Crippen LogP contribution in [0.5, 0.6) is 0 Å². The molecule has 0 amide bonds. The molecule has 2 rings (SSSR count). The smallest absolute Gasteiger partial charge is 0.0551 e. The Kier molecular flexibility index (Phi) is 3.42. The molecule has 2 heteroatoms. The van der Waals surface area contributed by atoms with Gasteiger partial charge in [-0.1, -0.05) is 58.4 Å². The summed E-state index contributed by atoms with van der Waals surface area (Å²) in [5, 5.41) is 0. The Bertz CT molecular complexity index is 479. The maximum atomic E-state index is 6.22. The van der Waals surface area contributed by atoms with E-state index in [1.54, 1.807) is 0 Å². The molecular weight excluding hydrogens is 262 g/mol. The van der Waals surface area contributed by atoms with Crippen LogP contribution in [0.3, 0.4) is 0 Å². The van der Waals surface area contributed by atoms with E-state index in [1.165, 1.54) is 5.56 Å². The summed E-state index contributed by atoms with van der Waals surface area (Å²) in [5.74, 6) is 0. The van der Waals surface area contributed by atoms with Crippen molar-refractivity contribution in [2.24, 2.45) is 5.73 Å². The number of aryl methyl sites for hydroxylation is 1. The second-order valence-corrected chi connectivity index (χ2v) is 4.75. The van der Waals surface area contributed by atoms with Gasteiger partial charge in [0, 0.05) is 4.47 Å². The molecule has 1 unspecified atom stereocenters. The van der Waals surface area contributed by atoms with E-state index in [-0.39, 0.29) is 6.04 Å². The third kappa shape index (κ3) is 2.34. The highest BCUT2D eigenvalue weighted by atomic mass is 79.9. The van der Waals surface area contributed by atoms with E-state index in [0.717, 1.165) is 15.6 Å². The maximum absolute atomic E-state index is 6.22. The van der Waals surface area contributed by atoms with Gasteiger partial charge in [0.05, 0.1) is 6.04 Å². The lowest BCUT2D eigenvalue weighted by molar-refractivity contribution is 0.869. The molecule has 82 valence electrons. The van der Waals surface area contributed by atoms with Gasteiger partial charge < -0.3 is 5.73 Å². The molecule has 0 aliphatic rings. The van der Waals surface area contributed by atoms with Crippen molar-refractivity contribution in [3.8, 4) is 0 Å². The molecule has 0 aliphatic heterocycles. The van der Waals surface area contributed by atoms with Gasteiger partial charge in [-0.15, -0.1) is 0 Å². The van der Waals surface area contributed by atoms with Crippen LogP contribution in [0.15, 0.2) is 53.0 Å². The summed E-state index contributed by atoms with van der Waals surface area (Å²) in [5.41, 5.74) is 9.72. The molecule has 0 heterocycles. The molecule has 1 nitrogen and oxygen atoms in total. The standard InChI is InChI=1S/C14H14BrN/c1-10-9-12(7-8-13(10)15)14(16)11-5-3-2-4-6-11/h2-9,14H,16H2,1H3. The van der Waals surface area contributed by atoms with Crippen LogP contribution < -0.4 is 5.73 Å². The van der Waals surface area contributed by atoms with E-state index < -0.39 is 0 Å². The number of rotatable bonds is 2. The van der Waals surface area contributed by atoms with Crippen LogP contribution in [0.2, 0.25) is 0 Å². The quantitative estimate of drug-likeness (QED) is 0.887. The fraction of sp³-hybridized carbons (Fsp3) is 0.143. The second-order valence-electron chi connectivity index (χ2n) is 3.90. The normalized spacial score (nSPS) is 12.4. The molecule has 16 heavy (non-hydrogen) atoms. The maximum Gasteiger partial charge on any atom is 0.0551 e. The minimum Gasteiger partial charge on any atom is -0.320 e. The third-order valence-corrected chi connectivity index (χ3v) is 3.59. The Hall–Kier alpha value is -1.12. The first-order chi connectivity index (χ1) is 7.68. The van der Waals surface area contributed by atoms with Gasteiger partial charge in [0.15, 0.2) is 0 Å². The van der Waals surface area contributed by atoms with Gasteiger partial charge in [0.1, 0.15) is 0 Å². The van der Waals surface area contributed by atoms with Crippen molar-refractivity contribution in [3.05, 3.63) is 69.7 Å². The average Bonchev–Trinajstić information content (AvgIpc) is 2.33. The second kappa shape index (κ2) is 4.81. The van der Waals surface area contributed by atoms with E-state index in [9.17, 15) is 0 Å². The lowest BCUT2D eigenvalue weighted by Crippen LogP contribution is -2.11. The van der Waals surface area contributed by atoms with Crippen molar-refractivity contribution in [2.45, 2.75) is 13.0 Å². The molecule has 0 fully saturated rings. The minimum absolute atomic E-state index is 0.0481. The Balaban J connectivity index is 2.34. The summed E-state index contributed by atoms with van der Waals surface area (Å²) in [7, 11) is 0. The highest BCUT2D eigenvalue weighted by Crippen LogP contribution is 2.24. The van der Waals surface area contributed by atoms with Crippen molar-refractivity contribution in [3.63, 3.8) is 0 Å². The molecule has 1 atom stereocenters. The first-order valence-electron chi connectivity index (χ1n) is 5.25. The SMILES string of the molecule is Cc1cc(C(N)c2ccccc2)ccc1Br. The Morgan fingerprint density at radius 3 is 2.31 bits per heavy atom. The first-order valence-corrected chi connectivity index (χ1v) is 6.04. The zero-order valence-electron chi connectivity index (χ0n) is 9.15. The lowest BCUT2D eigenvalue weighted by atomic mass is 9.98. The van der Waals surface area contributed by atoms with E-state index in [4.69, 9.17) is 5.73 Å². The molecule has 2 N–H and O–H groups in total. The molecule has 2 aromatic carbocycles. The summed E-state index contributed by atoms with van der Waals surface area (Å²) in [6.45, 7) is 2.07. The molecule has 0 aliphatic carbocycles. The van der Waals surface area contributed by atoms with Crippen LogP contribution in [-0.2, 0) is 0 Å². The highest BCUT2D eigenvalue weighted by Gasteiger charge is 2.08. The summed E-state index contributed by atoms with van der Waals surface area (Å²) < 4.78 is 1.12. The summed E-state index contributed by atoms with van der Waals surface area (Å²) in [6, 6.07) is 16.3. The van der Waals surface area contributed by atoms with Crippen LogP contribution >= 0.6 is 15.9 Å². The molecule has 0 aromatic heterocycles. The predicted molar refractivity (Wildman–Crippen MR) is 71.4 cm³/mol. The predicted octanol–water partition coefficient (Wildman–Crippen LogP) is 3.81. The van der Waals surface area contributed by atoms with E-state index >= 15 is 0 Å². The van der Waals surface area contributed by atoms with Gasteiger partial charge in [0.2, 0.25) is 0 Å². The van der Waals surface area contributed by atoms with E-state index in [2.05, 4.69) is 47.1 Å². The minimum atomic E-state index is -0.0481. The lowest BCUT2D eigenvalue weighted by Gasteiger charge is -2.13. The number of hydrogen-bond donors (Lipinski definition) is 1. The number of benzene rings is 2. The molecule has 0 radical (unpaired) electrons. The summed E-state index contributed by atoms with van der Waals surface area (Å²) in [4.78, 5) is 0. The van der Waals surface area contributed by atoms with Gasteiger partial charge in [-0.2, -0.15) is 0 Å². The molecule has 0 spiro atoms. The van der Waals surface area contributed by atoms with Crippen molar-refractivity contribution in [2.75, 3.05) is 0 Å². The monoisotopic (exact) mass is 275 g/mol. The van der Waals surface area contributed by atoms with Gasteiger partial charge in [0.25, 0.3) is 0 Å². The highest BCUT2D eigenvalue weighted by molar-refractivity contribution is 9.10.